The number of nitro groups is 1. The van der Waals surface area contributed by atoms with Crippen LogP contribution in [0.25, 0.3) is 10.9 Å². The monoisotopic (exact) mass is 281 g/mol. The third kappa shape index (κ3) is 2.19. The molecule has 0 spiro atoms. The number of fused-ring (bicyclic) bond motifs is 1. The lowest BCUT2D eigenvalue weighted by molar-refractivity contribution is -0.383. The lowest BCUT2D eigenvalue weighted by atomic mass is 10.1. The number of nitrogens with one attached hydrogen (secondary N) is 1. The Morgan fingerprint density at radius 1 is 1.50 bits per heavy atom. The van der Waals surface area contributed by atoms with E-state index in [0.717, 1.165) is 7.11 Å². The fraction of sp³-hybridized carbons (Fsp3) is 0.273. The Hall–Kier alpha value is -2.52. The van der Waals surface area contributed by atoms with E-state index in [9.17, 15) is 25.1 Å². The number of hydrogen-bond donors (Lipinski definition) is 3. The number of non-ortho nitro benzene ring substituents is 1. The number of ether oxygens (including phenoxy) is 1. The van der Waals surface area contributed by atoms with Crippen molar-refractivity contribution in [2.24, 2.45) is 0 Å². The number of esters is 1. The van der Waals surface area contributed by atoms with Gasteiger partial charge in [-0.15, -0.1) is 0 Å². The second kappa shape index (κ2) is 5.23. The largest absolute Gasteiger partial charge is 0.467 e. The molecule has 1 aromatic heterocycles. The van der Waals surface area contributed by atoms with Crippen LogP contribution in [0.15, 0.2) is 18.2 Å². The maximum atomic E-state index is 11.2. The molecule has 1 aromatic carbocycles. The number of H-pyrrole nitrogens is 1. The van der Waals surface area contributed by atoms with Crippen molar-refractivity contribution in [3.05, 3.63) is 34.0 Å². The first-order valence-electron chi connectivity index (χ1n) is 5.52. The number of aromatic nitrogens is 2. The van der Waals surface area contributed by atoms with Crippen molar-refractivity contribution in [3.63, 3.8) is 0 Å². The molecule has 2 atom stereocenters. The normalized spacial score (nSPS) is 13.9. The van der Waals surface area contributed by atoms with E-state index in [2.05, 4.69) is 14.9 Å². The molecule has 1 heterocycles. The summed E-state index contributed by atoms with van der Waals surface area (Å²) in [6, 6.07) is 4.15. The van der Waals surface area contributed by atoms with Crippen LogP contribution in [0.3, 0.4) is 0 Å². The number of carbonyl (C=O) groups is 1. The van der Waals surface area contributed by atoms with E-state index in [1.807, 2.05) is 0 Å². The molecule has 3 N–H and O–H groups in total. The van der Waals surface area contributed by atoms with Gasteiger partial charge in [0.25, 0.3) is 5.69 Å². The Balaban J connectivity index is 2.49. The Morgan fingerprint density at radius 3 is 2.80 bits per heavy atom. The molecule has 9 nitrogen and oxygen atoms in total. The second-order valence-electron chi connectivity index (χ2n) is 3.98. The summed E-state index contributed by atoms with van der Waals surface area (Å²) in [7, 11) is 1.06. The summed E-state index contributed by atoms with van der Waals surface area (Å²) in [5.41, 5.74) is -0.213. The number of aliphatic hydroxyl groups excluding tert-OH is 2. The lowest BCUT2D eigenvalue weighted by Crippen LogP contribution is -2.29. The van der Waals surface area contributed by atoms with Gasteiger partial charge in [0.15, 0.2) is 11.6 Å². The van der Waals surface area contributed by atoms with Crippen molar-refractivity contribution in [2.75, 3.05) is 7.11 Å². The average molecular weight is 281 g/mol. The Kier molecular flexibility index (Phi) is 3.63. The van der Waals surface area contributed by atoms with Gasteiger partial charge in [0.05, 0.1) is 17.7 Å². The van der Waals surface area contributed by atoms with E-state index < -0.39 is 23.1 Å². The topological polar surface area (TPSA) is 139 Å². The highest BCUT2D eigenvalue weighted by atomic mass is 16.6. The standard InChI is InChI=1S/C11H11N3O6/c1-20-11(17)10(16)9(15)8-5-3-2-4-6(14(18)19)7(5)12-13-8/h2-4,9-10,15-16H,1H3,(H,12,13). The highest BCUT2D eigenvalue weighted by Crippen LogP contribution is 2.29. The molecule has 0 aliphatic rings. The van der Waals surface area contributed by atoms with Crippen LogP contribution in [0.5, 0.6) is 0 Å². The van der Waals surface area contributed by atoms with Gasteiger partial charge in [-0.3, -0.25) is 15.2 Å². The van der Waals surface area contributed by atoms with Crippen LogP contribution < -0.4 is 0 Å². The molecule has 20 heavy (non-hydrogen) atoms. The molecular formula is C11H11N3O6. The minimum Gasteiger partial charge on any atom is -0.467 e. The van der Waals surface area contributed by atoms with E-state index >= 15 is 0 Å². The molecule has 106 valence electrons. The van der Waals surface area contributed by atoms with Crippen molar-refractivity contribution in [2.45, 2.75) is 12.2 Å². The van der Waals surface area contributed by atoms with E-state index in [0.29, 0.717) is 0 Å². The fourth-order valence-electron chi connectivity index (χ4n) is 1.82. The van der Waals surface area contributed by atoms with E-state index in [1.54, 1.807) is 0 Å². The van der Waals surface area contributed by atoms with Crippen LogP contribution in [0.1, 0.15) is 11.8 Å². The van der Waals surface area contributed by atoms with Crippen LogP contribution >= 0.6 is 0 Å². The number of nitrogens with zero attached hydrogens (tertiary/aromatic N) is 2. The molecule has 0 bridgehead atoms. The van der Waals surface area contributed by atoms with Crippen LogP contribution in [-0.2, 0) is 9.53 Å². The Labute approximate surface area is 111 Å². The van der Waals surface area contributed by atoms with Gasteiger partial charge in [0, 0.05) is 11.5 Å². The van der Waals surface area contributed by atoms with Gasteiger partial charge in [-0.25, -0.2) is 4.79 Å². The number of aliphatic hydroxyl groups is 2. The van der Waals surface area contributed by atoms with Crippen LogP contribution in [-0.4, -0.2) is 44.5 Å². The van der Waals surface area contributed by atoms with Gasteiger partial charge < -0.3 is 14.9 Å². The maximum Gasteiger partial charge on any atom is 0.337 e. The second-order valence-corrected chi connectivity index (χ2v) is 3.98. The number of para-hydroxylation sites is 1. The molecule has 9 heteroatoms. The number of aromatic amines is 1. The smallest absolute Gasteiger partial charge is 0.337 e. The van der Waals surface area contributed by atoms with E-state index in [-0.39, 0.29) is 22.3 Å². The predicted octanol–water partition coefficient (Wildman–Crippen LogP) is 0.0384. The Bertz CT molecular complexity index is 667. The first kappa shape index (κ1) is 13.9. The highest BCUT2D eigenvalue weighted by Gasteiger charge is 2.30. The molecule has 0 radical (unpaired) electrons. The van der Waals surface area contributed by atoms with Crippen LogP contribution in [0.4, 0.5) is 5.69 Å². The average Bonchev–Trinajstić information content (AvgIpc) is 2.88. The van der Waals surface area contributed by atoms with Crippen molar-refractivity contribution in [1.82, 2.24) is 10.2 Å². The van der Waals surface area contributed by atoms with E-state index in [1.165, 1.54) is 18.2 Å². The van der Waals surface area contributed by atoms with E-state index in [4.69, 9.17) is 0 Å². The van der Waals surface area contributed by atoms with Gasteiger partial charge in [-0.1, -0.05) is 12.1 Å². The van der Waals surface area contributed by atoms with Crippen molar-refractivity contribution in [1.29, 1.82) is 0 Å². The zero-order chi connectivity index (χ0) is 14.9. The van der Waals surface area contributed by atoms with Crippen molar-refractivity contribution >= 4 is 22.6 Å². The molecule has 0 aliphatic heterocycles. The first-order valence-corrected chi connectivity index (χ1v) is 5.52. The molecule has 0 amide bonds. The number of methoxy groups -OCH3 is 1. The molecule has 2 rings (SSSR count). The zero-order valence-electron chi connectivity index (χ0n) is 10.3. The summed E-state index contributed by atoms with van der Waals surface area (Å²) in [6.45, 7) is 0. The third-order valence-electron chi connectivity index (χ3n) is 2.83. The van der Waals surface area contributed by atoms with Gasteiger partial charge in [-0.2, -0.15) is 5.10 Å². The predicted molar refractivity (Wildman–Crippen MR) is 65.7 cm³/mol. The maximum absolute atomic E-state index is 11.2. The molecule has 0 saturated carbocycles. The number of rotatable bonds is 4. The lowest BCUT2D eigenvalue weighted by Gasteiger charge is -2.14. The summed E-state index contributed by atoms with van der Waals surface area (Å²) in [6.07, 6.45) is -3.45. The van der Waals surface area contributed by atoms with Crippen LogP contribution in [0.2, 0.25) is 0 Å². The molecule has 2 unspecified atom stereocenters. The highest BCUT2D eigenvalue weighted by molar-refractivity contribution is 5.90. The summed E-state index contributed by atoms with van der Waals surface area (Å²) in [5.74, 6) is -1.02. The van der Waals surface area contributed by atoms with Gasteiger partial charge in [0.2, 0.25) is 0 Å². The Morgan fingerprint density at radius 2 is 2.20 bits per heavy atom. The number of benzene rings is 1. The van der Waals surface area contributed by atoms with Gasteiger partial charge in [0.1, 0.15) is 6.10 Å². The minimum absolute atomic E-state index is 0.00148. The van der Waals surface area contributed by atoms with Crippen molar-refractivity contribution in [3.8, 4) is 0 Å². The van der Waals surface area contributed by atoms with Gasteiger partial charge >= 0.3 is 5.97 Å². The van der Waals surface area contributed by atoms with Crippen LogP contribution in [0, 0.1) is 10.1 Å². The SMILES string of the molecule is COC(=O)C(O)C(O)c1[nH]nc2c([N+](=O)[O-])cccc12. The quantitative estimate of drug-likeness (QED) is 0.408. The minimum atomic E-state index is -1.82. The first-order chi connectivity index (χ1) is 9.47. The number of hydrogen-bond acceptors (Lipinski definition) is 7. The fourth-order valence-corrected chi connectivity index (χ4v) is 1.82. The third-order valence-corrected chi connectivity index (χ3v) is 2.83. The molecule has 0 saturated heterocycles. The number of carbonyl (C=O) groups excluding carboxylic acids is 1. The summed E-state index contributed by atoms with van der Waals surface area (Å²) in [4.78, 5) is 21.4. The summed E-state index contributed by atoms with van der Waals surface area (Å²) >= 11 is 0. The zero-order valence-corrected chi connectivity index (χ0v) is 10.3. The van der Waals surface area contributed by atoms with Gasteiger partial charge in [-0.05, 0) is 0 Å². The number of nitro benzene ring substituents is 1. The summed E-state index contributed by atoms with van der Waals surface area (Å²) in [5, 5.41) is 36.7. The molecule has 0 fully saturated rings. The summed E-state index contributed by atoms with van der Waals surface area (Å²) < 4.78 is 4.31. The molecular weight excluding hydrogens is 270 g/mol. The van der Waals surface area contributed by atoms with Crippen molar-refractivity contribution < 1.29 is 24.7 Å². The molecule has 2 aromatic rings. The molecule has 0 aliphatic carbocycles.